The molecule has 5 aromatic rings. The smallest absolute Gasteiger partial charge is 0.135 e. The van der Waals surface area contributed by atoms with Gasteiger partial charge in [0.2, 0.25) is 0 Å². The van der Waals surface area contributed by atoms with E-state index >= 15 is 0 Å². The molecule has 124 valence electrons. The van der Waals surface area contributed by atoms with Crippen molar-refractivity contribution < 1.29 is 4.42 Å². The zero-order valence-electron chi connectivity index (χ0n) is 14.4. The van der Waals surface area contributed by atoms with Crippen LogP contribution in [0.5, 0.6) is 0 Å². The van der Waals surface area contributed by atoms with E-state index in [1.807, 2.05) is 25.3 Å². The molecule has 2 heterocycles. The molecule has 0 aliphatic carbocycles. The van der Waals surface area contributed by atoms with Crippen molar-refractivity contribution in [1.29, 1.82) is 0 Å². The fourth-order valence-electron chi connectivity index (χ4n) is 3.54. The average Bonchev–Trinajstić information content (AvgIpc) is 3.06. The Morgan fingerprint density at radius 1 is 0.654 bits per heavy atom. The number of hydrogen-bond acceptors (Lipinski definition) is 2. The fourth-order valence-corrected chi connectivity index (χ4v) is 3.54. The third kappa shape index (κ3) is 2.39. The predicted octanol–water partition coefficient (Wildman–Crippen LogP) is 6.62. The Balaban J connectivity index is 1.74. The van der Waals surface area contributed by atoms with Crippen LogP contribution in [0.4, 0.5) is 0 Å². The first-order chi connectivity index (χ1) is 12.8. The molecule has 0 atom stereocenters. The summed E-state index contributed by atoms with van der Waals surface area (Å²) in [6.45, 7) is 2.04. The normalized spacial score (nSPS) is 11.3. The topological polar surface area (TPSA) is 26.0 Å². The number of furan rings is 1. The minimum atomic E-state index is 0.913. The molecule has 3 aromatic carbocycles. The Morgan fingerprint density at radius 3 is 2.08 bits per heavy atom. The van der Waals surface area contributed by atoms with Crippen molar-refractivity contribution in [2.24, 2.45) is 0 Å². The van der Waals surface area contributed by atoms with E-state index in [0.29, 0.717) is 0 Å². The van der Waals surface area contributed by atoms with E-state index < -0.39 is 0 Å². The van der Waals surface area contributed by atoms with Crippen molar-refractivity contribution in [3.8, 4) is 22.3 Å². The van der Waals surface area contributed by atoms with Gasteiger partial charge in [0.25, 0.3) is 0 Å². The zero-order valence-corrected chi connectivity index (χ0v) is 14.4. The predicted molar refractivity (Wildman–Crippen MR) is 107 cm³/mol. The molecule has 0 N–H and O–H groups in total. The number of nitrogens with zero attached hydrogens (tertiary/aromatic N) is 1. The second-order valence-corrected chi connectivity index (χ2v) is 6.53. The van der Waals surface area contributed by atoms with E-state index in [1.54, 1.807) is 0 Å². The van der Waals surface area contributed by atoms with Crippen LogP contribution in [0.2, 0.25) is 0 Å². The number of benzene rings is 3. The van der Waals surface area contributed by atoms with Crippen molar-refractivity contribution in [3.05, 3.63) is 90.8 Å². The lowest BCUT2D eigenvalue weighted by Crippen LogP contribution is -1.86. The van der Waals surface area contributed by atoms with Gasteiger partial charge >= 0.3 is 0 Å². The highest BCUT2D eigenvalue weighted by atomic mass is 16.3. The van der Waals surface area contributed by atoms with Gasteiger partial charge in [0.1, 0.15) is 11.2 Å². The summed E-state index contributed by atoms with van der Waals surface area (Å²) in [4.78, 5) is 4.42. The molecule has 2 heteroatoms. The third-order valence-corrected chi connectivity index (χ3v) is 4.89. The quantitative estimate of drug-likeness (QED) is 0.362. The molecule has 0 unspecified atom stereocenters. The fraction of sp³-hybridized carbons (Fsp3) is 0.0417. The Kier molecular flexibility index (Phi) is 3.36. The summed E-state index contributed by atoms with van der Waals surface area (Å²) < 4.78 is 6.05. The summed E-state index contributed by atoms with van der Waals surface area (Å²) in [5.74, 6) is 0. The summed E-state index contributed by atoms with van der Waals surface area (Å²) in [5.41, 5.74) is 7.59. The largest absolute Gasteiger partial charge is 0.456 e. The molecular weight excluding hydrogens is 318 g/mol. The second kappa shape index (κ2) is 5.85. The van der Waals surface area contributed by atoms with Crippen molar-refractivity contribution in [2.45, 2.75) is 6.92 Å². The lowest BCUT2D eigenvalue weighted by atomic mass is 10.00. The van der Waals surface area contributed by atoms with Gasteiger partial charge in [-0.25, -0.2) is 0 Å². The van der Waals surface area contributed by atoms with Crippen molar-refractivity contribution in [1.82, 2.24) is 4.98 Å². The van der Waals surface area contributed by atoms with Gasteiger partial charge in [-0.1, -0.05) is 48.5 Å². The van der Waals surface area contributed by atoms with E-state index in [0.717, 1.165) is 38.8 Å². The maximum absolute atomic E-state index is 6.05. The molecule has 0 aliphatic rings. The molecular formula is C24H17NO. The maximum atomic E-state index is 6.05. The van der Waals surface area contributed by atoms with Gasteiger partial charge in [-0.3, -0.25) is 4.98 Å². The second-order valence-electron chi connectivity index (χ2n) is 6.53. The Bertz CT molecular complexity index is 1240. The molecule has 2 nitrogen and oxygen atoms in total. The lowest BCUT2D eigenvalue weighted by molar-refractivity contribution is 0.669. The number of fused-ring (bicyclic) bond motifs is 3. The van der Waals surface area contributed by atoms with Crippen LogP contribution < -0.4 is 0 Å². The molecule has 2 aromatic heterocycles. The summed E-state index contributed by atoms with van der Waals surface area (Å²) >= 11 is 0. The van der Waals surface area contributed by atoms with Gasteiger partial charge in [-0.05, 0) is 53.9 Å². The van der Waals surface area contributed by atoms with E-state index in [9.17, 15) is 0 Å². The third-order valence-electron chi connectivity index (χ3n) is 4.89. The van der Waals surface area contributed by atoms with E-state index in [-0.39, 0.29) is 0 Å². The van der Waals surface area contributed by atoms with E-state index in [1.165, 1.54) is 11.1 Å². The Morgan fingerprint density at radius 2 is 1.35 bits per heavy atom. The van der Waals surface area contributed by atoms with Gasteiger partial charge in [0.05, 0.1) is 0 Å². The van der Waals surface area contributed by atoms with Gasteiger partial charge in [0, 0.05) is 28.2 Å². The maximum Gasteiger partial charge on any atom is 0.135 e. The van der Waals surface area contributed by atoms with Crippen LogP contribution in [0.25, 0.3) is 44.2 Å². The SMILES string of the molecule is Cc1ncccc1-c1ccc2oc3ccc(-c4ccccc4)cc3c2c1. The van der Waals surface area contributed by atoms with Crippen molar-refractivity contribution in [3.63, 3.8) is 0 Å². The summed E-state index contributed by atoms with van der Waals surface area (Å²) in [6.07, 6.45) is 1.83. The Hall–Kier alpha value is -3.39. The average molecular weight is 335 g/mol. The van der Waals surface area contributed by atoms with Crippen LogP contribution in [0.3, 0.4) is 0 Å². The summed E-state index contributed by atoms with van der Waals surface area (Å²) in [5, 5.41) is 2.28. The number of rotatable bonds is 2. The van der Waals surface area contributed by atoms with Crippen LogP contribution in [-0.2, 0) is 0 Å². The van der Waals surface area contributed by atoms with Crippen LogP contribution in [0, 0.1) is 6.92 Å². The van der Waals surface area contributed by atoms with Gasteiger partial charge in [0.15, 0.2) is 0 Å². The molecule has 0 spiro atoms. The Labute approximate surface area is 151 Å². The minimum Gasteiger partial charge on any atom is -0.456 e. The van der Waals surface area contributed by atoms with Crippen molar-refractivity contribution in [2.75, 3.05) is 0 Å². The van der Waals surface area contributed by atoms with E-state index in [2.05, 4.69) is 71.7 Å². The van der Waals surface area contributed by atoms with Gasteiger partial charge < -0.3 is 4.42 Å². The number of hydrogen-bond donors (Lipinski definition) is 0. The summed E-state index contributed by atoms with van der Waals surface area (Å²) in [7, 11) is 0. The minimum absolute atomic E-state index is 0.913. The molecule has 0 saturated carbocycles. The van der Waals surface area contributed by atoms with Crippen LogP contribution in [-0.4, -0.2) is 4.98 Å². The van der Waals surface area contributed by atoms with Crippen LogP contribution in [0.15, 0.2) is 89.5 Å². The molecule has 0 bridgehead atoms. The number of pyridine rings is 1. The summed E-state index contributed by atoms with van der Waals surface area (Å²) in [6, 6.07) is 27.3. The number of aryl methyl sites for hydroxylation is 1. The highest BCUT2D eigenvalue weighted by Gasteiger charge is 2.11. The highest BCUT2D eigenvalue weighted by molar-refractivity contribution is 6.07. The molecule has 0 aliphatic heterocycles. The highest BCUT2D eigenvalue weighted by Crippen LogP contribution is 2.35. The van der Waals surface area contributed by atoms with Gasteiger partial charge in [-0.2, -0.15) is 0 Å². The molecule has 0 saturated heterocycles. The molecule has 0 fully saturated rings. The first kappa shape index (κ1) is 14.9. The van der Waals surface area contributed by atoms with Crippen LogP contribution >= 0.6 is 0 Å². The first-order valence-electron chi connectivity index (χ1n) is 8.73. The molecule has 0 radical (unpaired) electrons. The monoisotopic (exact) mass is 335 g/mol. The zero-order chi connectivity index (χ0) is 17.5. The van der Waals surface area contributed by atoms with Gasteiger partial charge in [-0.15, -0.1) is 0 Å². The first-order valence-corrected chi connectivity index (χ1v) is 8.73. The van der Waals surface area contributed by atoms with E-state index in [4.69, 9.17) is 4.42 Å². The molecule has 0 amide bonds. The lowest BCUT2D eigenvalue weighted by Gasteiger charge is -2.05. The van der Waals surface area contributed by atoms with Crippen LogP contribution in [0.1, 0.15) is 5.69 Å². The standard InChI is InChI=1S/C24H17NO/c1-16-20(8-5-13-25-16)19-10-12-24-22(15-19)21-14-18(9-11-23(21)26-24)17-6-3-2-4-7-17/h2-15H,1H3. The molecule has 5 rings (SSSR count). The van der Waals surface area contributed by atoms with Crippen molar-refractivity contribution >= 4 is 21.9 Å². The molecule has 26 heavy (non-hydrogen) atoms. The number of aromatic nitrogens is 1.